The summed E-state index contributed by atoms with van der Waals surface area (Å²) < 4.78 is 5.10. The highest BCUT2D eigenvalue weighted by Crippen LogP contribution is 2.14. The summed E-state index contributed by atoms with van der Waals surface area (Å²) in [5, 5.41) is 10.4. The van der Waals surface area contributed by atoms with Gasteiger partial charge in [0.25, 0.3) is 0 Å². The number of aromatic nitrogens is 2. The van der Waals surface area contributed by atoms with Crippen LogP contribution in [0.25, 0.3) is 0 Å². The number of hydrogen-bond acceptors (Lipinski definition) is 5. The van der Waals surface area contributed by atoms with Crippen molar-refractivity contribution in [2.24, 2.45) is 4.99 Å². The lowest BCUT2D eigenvalue weighted by Crippen LogP contribution is -2.42. The lowest BCUT2D eigenvalue weighted by atomic mass is 10.2. The van der Waals surface area contributed by atoms with Crippen molar-refractivity contribution in [1.29, 1.82) is 0 Å². The van der Waals surface area contributed by atoms with Gasteiger partial charge in [-0.1, -0.05) is 17.3 Å². The third-order valence-electron chi connectivity index (χ3n) is 3.85. The Bertz CT molecular complexity index is 682. The third-order valence-corrected chi connectivity index (χ3v) is 3.85. The van der Waals surface area contributed by atoms with Gasteiger partial charge in [-0.25, -0.2) is 0 Å². The fourth-order valence-electron chi connectivity index (χ4n) is 2.55. The number of guanidine groups is 1. The predicted octanol–water partition coefficient (Wildman–Crippen LogP) is 1.92. The van der Waals surface area contributed by atoms with Gasteiger partial charge < -0.3 is 20.1 Å². The summed E-state index contributed by atoms with van der Waals surface area (Å²) in [6.07, 6.45) is 0.673. The van der Waals surface area contributed by atoms with Crippen molar-refractivity contribution in [2.75, 3.05) is 38.1 Å². The molecule has 136 valence electrons. The third kappa shape index (κ3) is 6.10. The van der Waals surface area contributed by atoms with Gasteiger partial charge in [0.15, 0.2) is 11.8 Å². The van der Waals surface area contributed by atoms with Gasteiger partial charge in [0.05, 0.1) is 0 Å². The number of nitrogens with zero attached hydrogens (tertiary/aromatic N) is 4. The number of aliphatic imine (C=N–C) groups is 1. The quantitative estimate of drug-likeness (QED) is 0.563. The molecule has 0 aliphatic carbocycles. The van der Waals surface area contributed by atoms with E-state index in [1.165, 1.54) is 11.3 Å². The van der Waals surface area contributed by atoms with Crippen molar-refractivity contribution in [3.8, 4) is 0 Å². The first kappa shape index (κ1) is 18.8. The molecule has 0 amide bonds. The van der Waals surface area contributed by atoms with Gasteiger partial charge in [0, 0.05) is 45.3 Å². The maximum Gasteiger partial charge on any atom is 0.228 e. The van der Waals surface area contributed by atoms with Gasteiger partial charge in [-0.15, -0.1) is 0 Å². The highest BCUT2D eigenvalue weighted by atomic mass is 16.5. The van der Waals surface area contributed by atoms with Crippen LogP contribution in [0.2, 0.25) is 0 Å². The standard InChI is InChI=1S/C18H28N6O/c1-5-24(16-8-6-7-14(2)13-16)12-11-21-18(19-4)20-10-9-17-22-15(3)23-25-17/h6-8,13H,5,9-12H2,1-4H3,(H2,19,20,21). The number of hydrogen-bond donors (Lipinski definition) is 2. The largest absolute Gasteiger partial charge is 0.370 e. The Balaban J connectivity index is 1.74. The molecule has 1 aromatic heterocycles. The normalized spacial score (nSPS) is 11.4. The molecule has 0 radical (unpaired) electrons. The molecule has 7 nitrogen and oxygen atoms in total. The summed E-state index contributed by atoms with van der Waals surface area (Å²) in [6, 6.07) is 8.58. The van der Waals surface area contributed by atoms with E-state index in [-0.39, 0.29) is 0 Å². The second kappa shape index (κ2) is 9.66. The van der Waals surface area contributed by atoms with Crippen molar-refractivity contribution in [2.45, 2.75) is 27.2 Å². The summed E-state index contributed by atoms with van der Waals surface area (Å²) >= 11 is 0. The van der Waals surface area contributed by atoms with Crippen LogP contribution in [0, 0.1) is 13.8 Å². The van der Waals surface area contributed by atoms with Crippen molar-refractivity contribution in [3.05, 3.63) is 41.5 Å². The van der Waals surface area contributed by atoms with E-state index in [0.29, 0.717) is 24.7 Å². The van der Waals surface area contributed by atoms with Crippen LogP contribution < -0.4 is 15.5 Å². The smallest absolute Gasteiger partial charge is 0.228 e. The maximum atomic E-state index is 5.10. The van der Waals surface area contributed by atoms with E-state index >= 15 is 0 Å². The van der Waals surface area contributed by atoms with Crippen LogP contribution >= 0.6 is 0 Å². The molecule has 0 unspecified atom stereocenters. The summed E-state index contributed by atoms with van der Waals surface area (Å²) in [7, 11) is 1.77. The topological polar surface area (TPSA) is 78.6 Å². The van der Waals surface area contributed by atoms with Crippen molar-refractivity contribution in [3.63, 3.8) is 0 Å². The van der Waals surface area contributed by atoms with Crippen LogP contribution in [0.5, 0.6) is 0 Å². The molecule has 0 spiro atoms. The van der Waals surface area contributed by atoms with Crippen molar-refractivity contribution < 1.29 is 4.52 Å². The molecule has 2 rings (SSSR count). The SMILES string of the molecule is CCN(CCNC(=NC)NCCc1nc(C)no1)c1cccc(C)c1. The molecule has 2 aromatic rings. The average Bonchev–Trinajstić information content (AvgIpc) is 3.02. The molecular weight excluding hydrogens is 316 g/mol. The lowest BCUT2D eigenvalue weighted by molar-refractivity contribution is 0.374. The van der Waals surface area contributed by atoms with Gasteiger partial charge >= 0.3 is 0 Å². The van der Waals surface area contributed by atoms with Crippen LogP contribution in [0.4, 0.5) is 5.69 Å². The van der Waals surface area contributed by atoms with Gasteiger partial charge in [-0.2, -0.15) is 4.98 Å². The fraction of sp³-hybridized carbons (Fsp3) is 0.500. The summed E-state index contributed by atoms with van der Waals surface area (Å²) in [5.41, 5.74) is 2.52. The average molecular weight is 344 g/mol. The zero-order valence-corrected chi connectivity index (χ0v) is 15.5. The molecule has 0 saturated carbocycles. The molecule has 25 heavy (non-hydrogen) atoms. The molecule has 0 atom stereocenters. The Labute approximate surface area is 149 Å². The maximum absolute atomic E-state index is 5.10. The number of benzene rings is 1. The summed E-state index contributed by atoms with van der Waals surface area (Å²) in [6.45, 7) is 9.47. The highest BCUT2D eigenvalue weighted by Gasteiger charge is 2.06. The molecule has 1 heterocycles. The van der Waals surface area contributed by atoms with Gasteiger partial charge in [-0.3, -0.25) is 4.99 Å². The Kier molecular flexibility index (Phi) is 7.25. The van der Waals surface area contributed by atoms with E-state index in [1.54, 1.807) is 7.05 Å². The van der Waals surface area contributed by atoms with E-state index in [1.807, 2.05) is 6.92 Å². The molecule has 0 fully saturated rings. The Morgan fingerprint density at radius 1 is 1.24 bits per heavy atom. The molecule has 0 bridgehead atoms. The Morgan fingerprint density at radius 3 is 2.68 bits per heavy atom. The van der Waals surface area contributed by atoms with E-state index in [4.69, 9.17) is 4.52 Å². The summed E-state index contributed by atoms with van der Waals surface area (Å²) in [5.74, 6) is 2.07. The molecular formula is C18H28N6O. The van der Waals surface area contributed by atoms with Crippen LogP contribution in [0.1, 0.15) is 24.2 Å². The first-order valence-electron chi connectivity index (χ1n) is 8.67. The van der Waals surface area contributed by atoms with Crippen molar-refractivity contribution in [1.82, 2.24) is 20.8 Å². The second-order valence-corrected chi connectivity index (χ2v) is 5.83. The van der Waals surface area contributed by atoms with E-state index in [0.717, 1.165) is 25.6 Å². The summed E-state index contributed by atoms with van der Waals surface area (Å²) in [4.78, 5) is 10.8. The minimum Gasteiger partial charge on any atom is -0.370 e. The van der Waals surface area contributed by atoms with Crippen LogP contribution in [-0.4, -0.2) is 49.3 Å². The first-order valence-corrected chi connectivity index (χ1v) is 8.67. The highest BCUT2D eigenvalue weighted by molar-refractivity contribution is 5.79. The number of anilines is 1. The number of likely N-dealkylation sites (N-methyl/N-ethyl adjacent to an activating group) is 1. The van der Waals surface area contributed by atoms with E-state index < -0.39 is 0 Å². The van der Waals surface area contributed by atoms with Gasteiger partial charge in [0.2, 0.25) is 5.89 Å². The molecule has 1 aromatic carbocycles. The first-order chi connectivity index (χ1) is 12.1. The Morgan fingerprint density at radius 2 is 2.04 bits per heavy atom. The second-order valence-electron chi connectivity index (χ2n) is 5.83. The zero-order chi connectivity index (χ0) is 18.1. The van der Waals surface area contributed by atoms with Crippen LogP contribution in [0.3, 0.4) is 0 Å². The fourth-order valence-corrected chi connectivity index (χ4v) is 2.55. The molecule has 0 aliphatic rings. The Hall–Kier alpha value is -2.57. The lowest BCUT2D eigenvalue weighted by Gasteiger charge is -2.24. The zero-order valence-electron chi connectivity index (χ0n) is 15.5. The van der Waals surface area contributed by atoms with Gasteiger partial charge in [-0.05, 0) is 38.5 Å². The van der Waals surface area contributed by atoms with E-state index in [2.05, 4.69) is 68.8 Å². The van der Waals surface area contributed by atoms with Crippen LogP contribution in [0.15, 0.2) is 33.8 Å². The number of rotatable bonds is 8. The number of aryl methyl sites for hydroxylation is 2. The molecule has 7 heteroatoms. The van der Waals surface area contributed by atoms with Gasteiger partial charge in [0.1, 0.15) is 0 Å². The minimum absolute atomic E-state index is 0.636. The van der Waals surface area contributed by atoms with Crippen molar-refractivity contribution >= 4 is 11.6 Å². The molecule has 0 saturated heterocycles. The minimum atomic E-state index is 0.636. The molecule has 0 aliphatic heterocycles. The van der Waals surface area contributed by atoms with Crippen LogP contribution in [-0.2, 0) is 6.42 Å². The number of nitrogens with one attached hydrogen (secondary N) is 2. The molecule has 2 N–H and O–H groups in total. The monoisotopic (exact) mass is 344 g/mol. The van der Waals surface area contributed by atoms with E-state index in [9.17, 15) is 0 Å². The predicted molar refractivity (Wildman–Crippen MR) is 101 cm³/mol.